The zero-order valence-corrected chi connectivity index (χ0v) is 17.5. The minimum Gasteiger partial charge on any atom is -0.398 e. The van der Waals surface area contributed by atoms with Crippen molar-refractivity contribution in [3.63, 3.8) is 0 Å². The first-order valence-corrected chi connectivity index (χ1v) is 10.2. The van der Waals surface area contributed by atoms with Crippen LogP contribution in [0.1, 0.15) is 16.8 Å². The standard InChI is InChI=1S/C27H20N5/c1-19-24(28)8-5-9-25(19)31-26-16-20(14-15-29-26)10-12-23-17-30-27-13-11-22(18-32(23)27)21-6-3-2-4-7-21/h3-9,11,13-18H,28H2,1H3,(H,29,31). The zero-order chi connectivity index (χ0) is 21.9. The Morgan fingerprint density at radius 2 is 1.84 bits per heavy atom. The normalized spacial score (nSPS) is 10.5. The smallest absolute Gasteiger partial charge is 0.137 e. The van der Waals surface area contributed by atoms with E-state index in [0.29, 0.717) is 5.82 Å². The second-order valence-corrected chi connectivity index (χ2v) is 7.40. The van der Waals surface area contributed by atoms with E-state index in [0.717, 1.165) is 45.0 Å². The molecule has 0 aliphatic rings. The second-order valence-electron chi connectivity index (χ2n) is 7.40. The molecular formula is C27H20N5. The van der Waals surface area contributed by atoms with Crippen LogP contribution >= 0.6 is 0 Å². The van der Waals surface area contributed by atoms with Crippen LogP contribution in [0.4, 0.5) is 17.2 Å². The summed E-state index contributed by atoms with van der Waals surface area (Å²) in [5.74, 6) is 7.19. The van der Waals surface area contributed by atoms with E-state index in [1.54, 1.807) is 12.4 Å². The highest BCUT2D eigenvalue weighted by atomic mass is 15.0. The summed E-state index contributed by atoms with van der Waals surface area (Å²) >= 11 is 0. The SMILES string of the molecule is Cc1c(N)cccc1Nc1cc(C#Cc2cnc3ccc(-c4cc[c]cc4)cn23)ccn1. The number of benzene rings is 2. The number of nitrogens with two attached hydrogens (primary N) is 1. The Bertz CT molecular complexity index is 1470. The number of rotatable bonds is 3. The molecule has 0 fully saturated rings. The Morgan fingerprint density at radius 3 is 2.72 bits per heavy atom. The highest BCUT2D eigenvalue weighted by Crippen LogP contribution is 2.24. The first-order valence-electron chi connectivity index (χ1n) is 10.2. The van der Waals surface area contributed by atoms with Crippen LogP contribution in [0.2, 0.25) is 0 Å². The predicted molar refractivity (Wildman–Crippen MR) is 129 cm³/mol. The molecule has 3 heterocycles. The van der Waals surface area contributed by atoms with Crippen molar-refractivity contribution in [3.8, 4) is 23.0 Å². The minimum atomic E-state index is 0.715. The number of anilines is 3. The molecule has 0 amide bonds. The van der Waals surface area contributed by atoms with Gasteiger partial charge in [-0.05, 0) is 72.0 Å². The van der Waals surface area contributed by atoms with Gasteiger partial charge in [-0.15, -0.1) is 0 Å². The molecule has 0 bridgehead atoms. The summed E-state index contributed by atoms with van der Waals surface area (Å²) in [5, 5.41) is 3.32. The maximum absolute atomic E-state index is 6.01. The number of nitrogen functional groups attached to an aromatic ring is 1. The number of nitrogens with one attached hydrogen (secondary N) is 1. The van der Waals surface area contributed by atoms with Crippen molar-refractivity contribution in [1.82, 2.24) is 14.4 Å². The fourth-order valence-electron chi connectivity index (χ4n) is 3.46. The third-order valence-electron chi connectivity index (χ3n) is 5.29. The first-order chi connectivity index (χ1) is 15.7. The number of aromatic nitrogens is 3. The van der Waals surface area contributed by atoms with E-state index < -0.39 is 0 Å². The molecule has 0 spiro atoms. The molecule has 5 nitrogen and oxygen atoms in total. The number of fused-ring (bicyclic) bond motifs is 1. The van der Waals surface area contributed by atoms with Crippen LogP contribution in [0.15, 0.2) is 85.3 Å². The van der Waals surface area contributed by atoms with Crippen LogP contribution in [0.3, 0.4) is 0 Å². The van der Waals surface area contributed by atoms with Gasteiger partial charge in [0.1, 0.15) is 17.2 Å². The van der Waals surface area contributed by atoms with Gasteiger partial charge < -0.3 is 11.1 Å². The van der Waals surface area contributed by atoms with E-state index in [2.05, 4.69) is 45.5 Å². The van der Waals surface area contributed by atoms with Gasteiger partial charge in [-0.25, -0.2) is 9.97 Å². The van der Waals surface area contributed by atoms with Crippen molar-refractivity contribution < 1.29 is 0 Å². The Labute approximate surface area is 186 Å². The monoisotopic (exact) mass is 414 g/mol. The van der Waals surface area contributed by atoms with Crippen LogP contribution < -0.4 is 11.1 Å². The van der Waals surface area contributed by atoms with Crippen molar-refractivity contribution >= 4 is 22.8 Å². The molecule has 0 saturated heterocycles. The van der Waals surface area contributed by atoms with E-state index in [4.69, 9.17) is 5.73 Å². The number of hydrogen-bond donors (Lipinski definition) is 2. The quantitative estimate of drug-likeness (QED) is 0.313. The molecule has 5 rings (SSSR count). The number of nitrogens with zero attached hydrogens (tertiary/aromatic N) is 3. The molecule has 2 aromatic carbocycles. The average molecular weight is 414 g/mol. The molecule has 0 saturated carbocycles. The maximum Gasteiger partial charge on any atom is 0.137 e. The van der Waals surface area contributed by atoms with Gasteiger partial charge in [0.05, 0.1) is 6.20 Å². The van der Waals surface area contributed by atoms with Crippen LogP contribution in [0.25, 0.3) is 16.8 Å². The third-order valence-corrected chi connectivity index (χ3v) is 5.29. The maximum atomic E-state index is 6.01. The van der Waals surface area contributed by atoms with Gasteiger partial charge in [-0.3, -0.25) is 4.40 Å². The summed E-state index contributed by atoms with van der Waals surface area (Å²) in [5.41, 5.74) is 13.4. The molecule has 0 unspecified atom stereocenters. The van der Waals surface area contributed by atoms with Gasteiger partial charge in [0.2, 0.25) is 0 Å². The minimum absolute atomic E-state index is 0.715. The average Bonchev–Trinajstić information content (AvgIpc) is 3.24. The summed E-state index contributed by atoms with van der Waals surface area (Å²) in [6.07, 6.45) is 5.60. The molecule has 32 heavy (non-hydrogen) atoms. The Balaban J connectivity index is 1.44. The summed E-state index contributed by atoms with van der Waals surface area (Å²) in [6, 6.07) is 24.6. The van der Waals surface area contributed by atoms with E-state index >= 15 is 0 Å². The van der Waals surface area contributed by atoms with E-state index in [9.17, 15) is 0 Å². The van der Waals surface area contributed by atoms with Crippen LogP contribution in [-0.2, 0) is 0 Å². The van der Waals surface area contributed by atoms with E-state index in [1.165, 1.54) is 0 Å². The molecule has 1 radical (unpaired) electrons. The molecular weight excluding hydrogens is 394 g/mol. The summed E-state index contributed by atoms with van der Waals surface area (Å²) < 4.78 is 2.01. The fraction of sp³-hybridized carbons (Fsp3) is 0.0370. The number of hydrogen-bond acceptors (Lipinski definition) is 4. The molecule has 3 N–H and O–H groups in total. The summed E-state index contributed by atoms with van der Waals surface area (Å²) in [4.78, 5) is 8.88. The van der Waals surface area contributed by atoms with Gasteiger partial charge in [0.15, 0.2) is 0 Å². The predicted octanol–water partition coefficient (Wildman–Crippen LogP) is 5.23. The van der Waals surface area contributed by atoms with E-state index in [-0.39, 0.29) is 0 Å². The molecule has 0 aliphatic heterocycles. The second kappa shape index (κ2) is 8.29. The molecule has 0 aliphatic carbocycles. The van der Waals surface area contributed by atoms with Gasteiger partial charge in [0.25, 0.3) is 0 Å². The number of imidazole rings is 1. The molecule has 0 atom stereocenters. The van der Waals surface area contributed by atoms with Crippen molar-refractivity contribution in [3.05, 3.63) is 108 Å². The zero-order valence-electron chi connectivity index (χ0n) is 17.5. The summed E-state index contributed by atoms with van der Waals surface area (Å²) in [6.45, 7) is 1.98. The van der Waals surface area contributed by atoms with Gasteiger partial charge in [0, 0.05) is 29.3 Å². The van der Waals surface area contributed by atoms with Crippen molar-refractivity contribution in [2.45, 2.75) is 6.92 Å². The molecule has 5 aromatic rings. The lowest BCUT2D eigenvalue weighted by atomic mass is 10.1. The Kier molecular flexibility index (Phi) is 5.03. The third kappa shape index (κ3) is 3.90. The van der Waals surface area contributed by atoms with Crippen LogP contribution in [0.5, 0.6) is 0 Å². The fourth-order valence-corrected chi connectivity index (χ4v) is 3.46. The molecule has 5 heteroatoms. The topological polar surface area (TPSA) is 68.2 Å². The van der Waals surface area contributed by atoms with Gasteiger partial charge in [-0.2, -0.15) is 0 Å². The van der Waals surface area contributed by atoms with Crippen LogP contribution in [0, 0.1) is 24.8 Å². The largest absolute Gasteiger partial charge is 0.398 e. The van der Waals surface area contributed by atoms with E-state index in [1.807, 2.05) is 72.0 Å². The summed E-state index contributed by atoms with van der Waals surface area (Å²) in [7, 11) is 0. The lowest BCUT2D eigenvalue weighted by Gasteiger charge is -2.10. The number of pyridine rings is 2. The molecule has 153 valence electrons. The van der Waals surface area contributed by atoms with Crippen molar-refractivity contribution in [1.29, 1.82) is 0 Å². The first kappa shape index (κ1) is 19.4. The molecule has 3 aromatic heterocycles. The van der Waals surface area contributed by atoms with Crippen LogP contribution in [-0.4, -0.2) is 14.4 Å². The lowest BCUT2D eigenvalue weighted by molar-refractivity contribution is 1.16. The Morgan fingerprint density at radius 1 is 0.969 bits per heavy atom. The lowest BCUT2D eigenvalue weighted by Crippen LogP contribution is -1.98. The Hall–Kier alpha value is -4.56. The van der Waals surface area contributed by atoms with Crippen molar-refractivity contribution in [2.75, 3.05) is 11.1 Å². The van der Waals surface area contributed by atoms with Gasteiger partial charge >= 0.3 is 0 Å². The van der Waals surface area contributed by atoms with Crippen molar-refractivity contribution in [2.24, 2.45) is 0 Å². The highest BCUT2D eigenvalue weighted by molar-refractivity contribution is 5.68. The highest BCUT2D eigenvalue weighted by Gasteiger charge is 2.05. The van der Waals surface area contributed by atoms with Gasteiger partial charge in [-0.1, -0.05) is 36.3 Å².